The first kappa shape index (κ1) is 12.8. The number of para-hydroxylation sites is 1. The first-order valence-electron chi connectivity index (χ1n) is 6.75. The van der Waals surface area contributed by atoms with Gasteiger partial charge in [-0.3, -0.25) is 4.98 Å². The molecule has 2 heterocycles. The molecule has 1 atom stereocenters. The highest BCUT2D eigenvalue weighted by atomic mass is 16.5. The van der Waals surface area contributed by atoms with Crippen LogP contribution >= 0.6 is 0 Å². The lowest BCUT2D eigenvalue weighted by molar-refractivity contribution is 0.211. The molecule has 1 aromatic heterocycles. The van der Waals surface area contributed by atoms with Crippen LogP contribution in [0.2, 0.25) is 0 Å². The van der Waals surface area contributed by atoms with Gasteiger partial charge in [0.25, 0.3) is 0 Å². The van der Waals surface area contributed by atoms with E-state index in [9.17, 15) is 0 Å². The summed E-state index contributed by atoms with van der Waals surface area (Å²) >= 11 is 0. The largest absolute Gasteiger partial charge is 0.493 e. The molecule has 0 unspecified atom stereocenters. The summed E-state index contributed by atoms with van der Waals surface area (Å²) < 4.78 is 11.2. The van der Waals surface area contributed by atoms with Crippen molar-refractivity contribution in [2.24, 2.45) is 5.92 Å². The molecule has 0 fully saturated rings. The molecule has 4 heteroatoms. The van der Waals surface area contributed by atoms with Crippen LogP contribution in [0, 0.1) is 5.92 Å². The maximum Gasteiger partial charge on any atom is 0.164 e. The van der Waals surface area contributed by atoms with E-state index in [1.165, 1.54) is 5.56 Å². The highest BCUT2D eigenvalue weighted by Gasteiger charge is 2.23. The Bertz CT molecular complexity index is 613. The molecule has 0 saturated heterocycles. The van der Waals surface area contributed by atoms with Gasteiger partial charge >= 0.3 is 0 Å². The molecular formula is C16H18N2O2. The Morgan fingerprint density at radius 3 is 3.10 bits per heavy atom. The van der Waals surface area contributed by atoms with Crippen molar-refractivity contribution < 1.29 is 9.47 Å². The van der Waals surface area contributed by atoms with Gasteiger partial charge in [-0.1, -0.05) is 12.1 Å². The third-order valence-corrected chi connectivity index (χ3v) is 3.70. The van der Waals surface area contributed by atoms with Crippen LogP contribution in [-0.4, -0.2) is 18.7 Å². The van der Waals surface area contributed by atoms with E-state index >= 15 is 0 Å². The molecule has 0 bridgehead atoms. The zero-order valence-electron chi connectivity index (χ0n) is 11.5. The summed E-state index contributed by atoms with van der Waals surface area (Å²) in [5.74, 6) is 2.10. The molecule has 1 aliphatic rings. The lowest BCUT2D eigenvalue weighted by Gasteiger charge is -2.26. The molecule has 0 radical (unpaired) electrons. The number of pyridine rings is 1. The van der Waals surface area contributed by atoms with Crippen LogP contribution in [0.3, 0.4) is 0 Å². The topological polar surface area (TPSA) is 57.4 Å². The zero-order valence-corrected chi connectivity index (χ0v) is 11.5. The van der Waals surface area contributed by atoms with Gasteiger partial charge in [-0.05, 0) is 36.1 Å². The standard InChI is InChI=1S/C16H18N2O2/c1-19-15-4-2-3-12-7-11(10-20-16(12)15)8-13-9-18-6-5-14(13)17/h2-6,9,11H,7-8,10H2,1H3,(H2,17,18)/t11-/m1/s1. The Hall–Kier alpha value is -2.23. The molecule has 3 rings (SSSR count). The minimum absolute atomic E-state index is 0.418. The van der Waals surface area contributed by atoms with Crippen LogP contribution in [0.1, 0.15) is 11.1 Å². The van der Waals surface area contributed by atoms with Crippen LogP contribution in [-0.2, 0) is 12.8 Å². The van der Waals surface area contributed by atoms with Crippen LogP contribution in [0.15, 0.2) is 36.7 Å². The van der Waals surface area contributed by atoms with Crippen molar-refractivity contribution in [3.8, 4) is 11.5 Å². The number of anilines is 1. The number of nitrogen functional groups attached to an aromatic ring is 1. The van der Waals surface area contributed by atoms with Crippen molar-refractivity contribution in [1.82, 2.24) is 4.98 Å². The number of aromatic nitrogens is 1. The molecule has 104 valence electrons. The SMILES string of the molecule is COc1cccc2c1OC[C@@H](Cc1cnccc1N)C2. The minimum atomic E-state index is 0.418. The first-order valence-corrected chi connectivity index (χ1v) is 6.75. The second-order valence-electron chi connectivity index (χ2n) is 5.11. The van der Waals surface area contributed by atoms with Crippen LogP contribution < -0.4 is 15.2 Å². The Morgan fingerprint density at radius 1 is 1.40 bits per heavy atom. The maximum atomic E-state index is 5.98. The smallest absolute Gasteiger partial charge is 0.164 e. The Balaban J connectivity index is 1.78. The number of benzene rings is 1. The molecule has 2 N–H and O–H groups in total. The number of methoxy groups -OCH3 is 1. The number of hydrogen-bond donors (Lipinski definition) is 1. The highest BCUT2D eigenvalue weighted by Crippen LogP contribution is 2.36. The van der Waals surface area contributed by atoms with Gasteiger partial charge in [0.2, 0.25) is 0 Å². The summed E-state index contributed by atoms with van der Waals surface area (Å²) in [5.41, 5.74) is 9.07. The Labute approximate surface area is 118 Å². The van der Waals surface area contributed by atoms with Crippen LogP contribution in [0.4, 0.5) is 5.69 Å². The first-order chi connectivity index (χ1) is 9.78. The summed E-state index contributed by atoms with van der Waals surface area (Å²) in [5, 5.41) is 0. The molecule has 1 aliphatic heterocycles. The van der Waals surface area contributed by atoms with E-state index in [-0.39, 0.29) is 0 Å². The second-order valence-corrected chi connectivity index (χ2v) is 5.11. The second kappa shape index (κ2) is 5.41. The van der Waals surface area contributed by atoms with Crippen molar-refractivity contribution in [3.05, 3.63) is 47.8 Å². The van der Waals surface area contributed by atoms with E-state index in [0.29, 0.717) is 12.5 Å². The van der Waals surface area contributed by atoms with E-state index in [1.807, 2.05) is 24.4 Å². The summed E-state index contributed by atoms with van der Waals surface area (Å²) in [6.45, 7) is 0.682. The Morgan fingerprint density at radius 2 is 2.30 bits per heavy atom. The van der Waals surface area contributed by atoms with Gasteiger partial charge in [-0.25, -0.2) is 0 Å². The molecule has 0 spiro atoms. The van der Waals surface area contributed by atoms with E-state index in [4.69, 9.17) is 15.2 Å². The fraction of sp³-hybridized carbons (Fsp3) is 0.312. The van der Waals surface area contributed by atoms with Gasteiger partial charge in [-0.15, -0.1) is 0 Å². The fourth-order valence-electron chi connectivity index (χ4n) is 2.67. The van der Waals surface area contributed by atoms with Gasteiger partial charge < -0.3 is 15.2 Å². The van der Waals surface area contributed by atoms with E-state index in [1.54, 1.807) is 13.3 Å². The number of hydrogen-bond acceptors (Lipinski definition) is 4. The van der Waals surface area contributed by atoms with Gasteiger partial charge in [0.1, 0.15) is 0 Å². The van der Waals surface area contributed by atoms with E-state index in [0.717, 1.165) is 35.6 Å². The fourth-order valence-corrected chi connectivity index (χ4v) is 2.67. The van der Waals surface area contributed by atoms with Crippen molar-refractivity contribution in [2.75, 3.05) is 19.5 Å². The van der Waals surface area contributed by atoms with E-state index in [2.05, 4.69) is 11.1 Å². The zero-order chi connectivity index (χ0) is 13.9. The number of ether oxygens (including phenoxy) is 2. The van der Waals surface area contributed by atoms with Gasteiger partial charge in [0.05, 0.1) is 13.7 Å². The summed E-state index contributed by atoms with van der Waals surface area (Å²) in [6, 6.07) is 7.87. The third-order valence-electron chi connectivity index (χ3n) is 3.70. The normalized spacial score (nSPS) is 17.1. The average molecular weight is 270 g/mol. The monoisotopic (exact) mass is 270 g/mol. The molecule has 0 saturated carbocycles. The highest BCUT2D eigenvalue weighted by molar-refractivity contribution is 5.48. The number of fused-ring (bicyclic) bond motifs is 1. The molecule has 1 aromatic carbocycles. The molecule has 20 heavy (non-hydrogen) atoms. The van der Waals surface area contributed by atoms with Gasteiger partial charge in [0.15, 0.2) is 11.5 Å². The molecule has 4 nitrogen and oxygen atoms in total. The predicted octanol–water partition coefficient (Wildman–Crippen LogP) is 2.47. The van der Waals surface area contributed by atoms with Crippen molar-refractivity contribution in [1.29, 1.82) is 0 Å². The van der Waals surface area contributed by atoms with Crippen molar-refractivity contribution >= 4 is 5.69 Å². The number of nitrogens with two attached hydrogens (primary N) is 1. The number of nitrogens with zero attached hydrogens (tertiary/aromatic N) is 1. The van der Waals surface area contributed by atoms with Crippen LogP contribution in [0.25, 0.3) is 0 Å². The van der Waals surface area contributed by atoms with Crippen LogP contribution in [0.5, 0.6) is 11.5 Å². The molecular weight excluding hydrogens is 252 g/mol. The third kappa shape index (κ3) is 2.41. The van der Waals surface area contributed by atoms with Crippen molar-refractivity contribution in [2.45, 2.75) is 12.8 Å². The van der Waals surface area contributed by atoms with Gasteiger partial charge in [0, 0.05) is 24.0 Å². The summed E-state index contributed by atoms with van der Waals surface area (Å²) in [4.78, 5) is 4.14. The van der Waals surface area contributed by atoms with Gasteiger partial charge in [-0.2, -0.15) is 0 Å². The average Bonchev–Trinajstić information content (AvgIpc) is 2.49. The van der Waals surface area contributed by atoms with Crippen molar-refractivity contribution in [3.63, 3.8) is 0 Å². The quantitative estimate of drug-likeness (QED) is 0.930. The Kier molecular flexibility index (Phi) is 3.46. The predicted molar refractivity (Wildman–Crippen MR) is 78.0 cm³/mol. The molecule has 2 aromatic rings. The van der Waals surface area contributed by atoms with E-state index < -0.39 is 0 Å². The molecule has 0 amide bonds. The maximum absolute atomic E-state index is 5.98. The lowest BCUT2D eigenvalue weighted by Crippen LogP contribution is -2.23. The summed E-state index contributed by atoms with van der Waals surface area (Å²) in [7, 11) is 1.67. The molecule has 0 aliphatic carbocycles. The summed E-state index contributed by atoms with van der Waals surface area (Å²) in [6.07, 6.45) is 5.42. The number of rotatable bonds is 3. The lowest BCUT2D eigenvalue weighted by atomic mass is 9.91. The minimum Gasteiger partial charge on any atom is -0.493 e.